The van der Waals surface area contributed by atoms with Gasteiger partial charge in [-0.25, -0.2) is 13.2 Å². The van der Waals surface area contributed by atoms with E-state index in [-0.39, 0.29) is 23.3 Å². The maximum Gasteiger partial charge on any atom is 0.167 e. The highest BCUT2D eigenvalue weighted by atomic mass is 19.2. The van der Waals surface area contributed by atoms with Crippen molar-refractivity contribution in [2.24, 2.45) is 0 Å². The van der Waals surface area contributed by atoms with Crippen LogP contribution in [0.3, 0.4) is 0 Å². The molecule has 3 rings (SSSR count). The fraction of sp³-hybridized carbons (Fsp3) is 0.520. The maximum atomic E-state index is 14.8. The quantitative estimate of drug-likeness (QED) is 0.401. The van der Waals surface area contributed by atoms with E-state index in [1.807, 2.05) is 0 Å². The molecule has 0 amide bonds. The Labute approximate surface area is 177 Å². The molecule has 1 fully saturated rings. The Morgan fingerprint density at radius 3 is 2.40 bits per heavy atom. The summed E-state index contributed by atoms with van der Waals surface area (Å²) in [5.41, 5.74) is 1.07. The smallest absolute Gasteiger partial charge is 0.167 e. The predicted molar refractivity (Wildman–Crippen MR) is 113 cm³/mol. The van der Waals surface area contributed by atoms with Gasteiger partial charge in [0, 0.05) is 17.7 Å². The van der Waals surface area contributed by atoms with Crippen LogP contribution in [-0.4, -0.2) is 19.3 Å². The van der Waals surface area contributed by atoms with E-state index < -0.39 is 17.5 Å². The lowest BCUT2D eigenvalue weighted by molar-refractivity contribution is -0.0866. The topological polar surface area (TPSA) is 18.5 Å². The number of ether oxygens (including phenoxy) is 2. The third kappa shape index (κ3) is 5.44. The van der Waals surface area contributed by atoms with Crippen LogP contribution in [0.4, 0.5) is 13.2 Å². The molecular weight excluding hydrogens is 389 g/mol. The summed E-state index contributed by atoms with van der Waals surface area (Å²) >= 11 is 0. The molecule has 2 aromatic carbocycles. The first-order chi connectivity index (χ1) is 14.5. The molecule has 2 unspecified atom stereocenters. The second kappa shape index (κ2) is 11.0. The van der Waals surface area contributed by atoms with Gasteiger partial charge in [-0.1, -0.05) is 51.0 Å². The van der Waals surface area contributed by atoms with E-state index in [1.165, 1.54) is 18.2 Å². The van der Waals surface area contributed by atoms with E-state index in [9.17, 15) is 13.2 Å². The predicted octanol–water partition coefficient (Wildman–Crippen LogP) is 7.15. The van der Waals surface area contributed by atoms with Crippen molar-refractivity contribution < 1.29 is 22.6 Å². The summed E-state index contributed by atoms with van der Waals surface area (Å²) in [7, 11) is 0. The molecule has 0 saturated carbocycles. The summed E-state index contributed by atoms with van der Waals surface area (Å²) in [4.78, 5) is 0. The highest BCUT2D eigenvalue weighted by molar-refractivity contribution is 5.66. The molecule has 30 heavy (non-hydrogen) atoms. The Bertz CT molecular complexity index is 829. The number of unbranched alkanes of at least 4 members (excludes halogenated alkanes) is 2. The van der Waals surface area contributed by atoms with Crippen LogP contribution in [0, 0.1) is 17.5 Å². The molecule has 2 atom stereocenters. The lowest BCUT2D eigenvalue weighted by atomic mass is 9.95. The van der Waals surface area contributed by atoms with Crippen molar-refractivity contribution in [3.63, 3.8) is 0 Å². The van der Waals surface area contributed by atoms with Gasteiger partial charge in [-0.15, -0.1) is 0 Å². The van der Waals surface area contributed by atoms with Crippen LogP contribution in [0.2, 0.25) is 0 Å². The van der Waals surface area contributed by atoms with Crippen molar-refractivity contribution in [1.82, 2.24) is 0 Å². The summed E-state index contributed by atoms with van der Waals surface area (Å²) in [6, 6.07) is 7.67. The minimum absolute atomic E-state index is 0.0478. The molecule has 5 heteroatoms. The minimum Gasteiger partial charge on any atom is -0.376 e. The lowest BCUT2D eigenvalue weighted by Crippen LogP contribution is -2.27. The zero-order valence-corrected chi connectivity index (χ0v) is 17.9. The molecule has 0 N–H and O–H groups in total. The summed E-state index contributed by atoms with van der Waals surface area (Å²) < 4.78 is 55.5. The average molecular weight is 421 g/mol. The van der Waals surface area contributed by atoms with Gasteiger partial charge in [0.25, 0.3) is 0 Å². The standard InChI is InChI=1S/C25H31F3O2/c1-3-5-6-7-17-8-12-21(25(28)24(17)27)20-11-9-18(15-22(20)26)23-13-10-19(16-30-23)29-14-4-2/h8-9,11-12,15,19,23H,3-7,10,13-14,16H2,1-2H3. The van der Waals surface area contributed by atoms with Crippen molar-refractivity contribution in [3.8, 4) is 11.1 Å². The lowest BCUT2D eigenvalue weighted by Gasteiger charge is -2.29. The first kappa shape index (κ1) is 22.8. The highest BCUT2D eigenvalue weighted by Gasteiger charge is 2.25. The van der Waals surface area contributed by atoms with Crippen LogP contribution in [0.25, 0.3) is 11.1 Å². The Morgan fingerprint density at radius 2 is 1.73 bits per heavy atom. The molecule has 1 aliphatic rings. The second-order valence-electron chi connectivity index (χ2n) is 7.99. The first-order valence-electron chi connectivity index (χ1n) is 11.0. The number of halogens is 3. The van der Waals surface area contributed by atoms with E-state index in [0.717, 1.165) is 38.5 Å². The summed E-state index contributed by atoms with van der Waals surface area (Å²) in [5.74, 6) is -2.43. The molecule has 1 aliphatic heterocycles. The van der Waals surface area contributed by atoms with Crippen LogP contribution in [0.5, 0.6) is 0 Å². The van der Waals surface area contributed by atoms with E-state index in [2.05, 4.69) is 13.8 Å². The van der Waals surface area contributed by atoms with Crippen molar-refractivity contribution in [3.05, 3.63) is 58.9 Å². The van der Waals surface area contributed by atoms with Gasteiger partial charge in [0.15, 0.2) is 11.6 Å². The van der Waals surface area contributed by atoms with Crippen molar-refractivity contribution in [2.45, 2.75) is 71.0 Å². The zero-order valence-electron chi connectivity index (χ0n) is 17.9. The highest BCUT2D eigenvalue weighted by Crippen LogP contribution is 2.34. The number of hydrogen-bond donors (Lipinski definition) is 0. The van der Waals surface area contributed by atoms with Gasteiger partial charge < -0.3 is 9.47 Å². The van der Waals surface area contributed by atoms with E-state index >= 15 is 0 Å². The molecule has 164 valence electrons. The van der Waals surface area contributed by atoms with Gasteiger partial charge in [-0.2, -0.15) is 0 Å². The van der Waals surface area contributed by atoms with Gasteiger partial charge >= 0.3 is 0 Å². The Hall–Kier alpha value is -1.85. The largest absolute Gasteiger partial charge is 0.376 e. The van der Waals surface area contributed by atoms with E-state index in [0.29, 0.717) is 30.8 Å². The molecule has 1 saturated heterocycles. The fourth-order valence-corrected chi connectivity index (χ4v) is 3.91. The van der Waals surface area contributed by atoms with Gasteiger partial charge in [0.05, 0.1) is 18.8 Å². The monoisotopic (exact) mass is 420 g/mol. The van der Waals surface area contributed by atoms with Gasteiger partial charge in [-0.05, 0) is 49.3 Å². The van der Waals surface area contributed by atoms with Crippen molar-refractivity contribution in [2.75, 3.05) is 13.2 Å². The Morgan fingerprint density at radius 1 is 0.933 bits per heavy atom. The van der Waals surface area contributed by atoms with Gasteiger partial charge in [0.2, 0.25) is 0 Å². The SMILES string of the molecule is CCCCCc1ccc(-c2ccc(C3CCC(OCCC)CO3)cc2F)c(F)c1F. The van der Waals surface area contributed by atoms with Crippen molar-refractivity contribution in [1.29, 1.82) is 0 Å². The molecule has 2 aromatic rings. The molecule has 2 nitrogen and oxygen atoms in total. The third-order valence-corrected chi connectivity index (χ3v) is 5.66. The maximum absolute atomic E-state index is 14.8. The number of aryl methyl sites for hydroxylation is 1. The average Bonchev–Trinajstić information content (AvgIpc) is 2.76. The Kier molecular flexibility index (Phi) is 8.34. The van der Waals surface area contributed by atoms with Crippen LogP contribution in [-0.2, 0) is 15.9 Å². The summed E-state index contributed by atoms with van der Waals surface area (Å²) in [6.07, 6.45) is 5.70. The third-order valence-electron chi connectivity index (χ3n) is 5.66. The number of rotatable bonds is 9. The van der Waals surface area contributed by atoms with Crippen LogP contribution in [0.15, 0.2) is 30.3 Å². The zero-order chi connectivity index (χ0) is 21.5. The van der Waals surface area contributed by atoms with Crippen LogP contribution >= 0.6 is 0 Å². The van der Waals surface area contributed by atoms with Gasteiger partial charge in [-0.3, -0.25) is 0 Å². The molecule has 1 heterocycles. The normalized spacial score (nSPS) is 19.2. The van der Waals surface area contributed by atoms with Crippen molar-refractivity contribution >= 4 is 0 Å². The second-order valence-corrected chi connectivity index (χ2v) is 7.99. The molecule has 0 spiro atoms. The Balaban J connectivity index is 1.72. The van der Waals surface area contributed by atoms with E-state index in [4.69, 9.17) is 9.47 Å². The molecule has 0 radical (unpaired) electrons. The van der Waals surface area contributed by atoms with Crippen LogP contribution < -0.4 is 0 Å². The molecule has 0 bridgehead atoms. The fourth-order valence-electron chi connectivity index (χ4n) is 3.91. The molecule has 0 aromatic heterocycles. The number of hydrogen-bond acceptors (Lipinski definition) is 2. The summed E-state index contributed by atoms with van der Waals surface area (Å²) in [6.45, 7) is 5.31. The molecular formula is C25H31F3O2. The summed E-state index contributed by atoms with van der Waals surface area (Å²) in [5, 5.41) is 0. The first-order valence-corrected chi connectivity index (χ1v) is 11.0. The van der Waals surface area contributed by atoms with E-state index in [1.54, 1.807) is 12.1 Å². The number of benzene rings is 2. The minimum atomic E-state index is -0.986. The molecule has 0 aliphatic carbocycles. The van der Waals surface area contributed by atoms with Gasteiger partial charge in [0.1, 0.15) is 5.82 Å². The van der Waals surface area contributed by atoms with Crippen LogP contribution in [0.1, 0.15) is 69.6 Å².